The second kappa shape index (κ2) is 5.63. The zero-order valence-corrected chi connectivity index (χ0v) is 10.9. The van der Waals surface area contributed by atoms with Gasteiger partial charge in [-0.2, -0.15) is 0 Å². The van der Waals surface area contributed by atoms with Crippen LogP contribution in [0, 0.1) is 11.8 Å². The summed E-state index contributed by atoms with van der Waals surface area (Å²) in [5.41, 5.74) is 1.94. The number of hydrogen-bond acceptors (Lipinski definition) is 2. The highest BCUT2D eigenvalue weighted by molar-refractivity contribution is 5.15. The van der Waals surface area contributed by atoms with Crippen LogP contribution in [-0.2, 0) is 6.61 Å². The lowest BCUT2D eigenvalue weighted by molar-refractivity contribution is 0.256. The minimum absolute atomic E-state index is 0.0439. The first-order valence-electron chi connectivity index (χ1n) is 6.77. The summed E-state index contributed by atoms with van der Waals surface area (Å²) in [6, 6.07) is 6.00. The van der Waals surface area contributed by atoms with Gasteiger partial charge in [-0.3, -0.25) is 4.98 Å². The zero-order chi connectivity index (χ0) is 12.3. The molecule has 1 N–H and O–H groups in total. The molecule has 1 heterocycles. The van der Waals surface area contributed by atoms with Gasteiger partial charge in [0.25, 0.3) is 0 Å². The number of hydrogen-bond donors (Lipinski definition) is 1. The molecule has 1 aromatic heterocycles. The molecule has 1 saturated carbocycles. The van der Waals surface area contributed by atoms with Gasteiger partial charge >= 0.3 is 0 Å². The van der Waals surface area contributed by atoms with Crippen molar-refractivity contribution in [3.8, 4) is 0 Å². The van der Waals surface area contributed by atoms with Crippen molar-refractivity contribution in [1.29, 1.82) is 0 Å². The Labute approximate surface area is 104 Å². The molecule has 0 unspecified atom stereocenters. The molecular weight excluding hydrogens is 210 g/mol. The number of pyridine rings is 1. The van der Waals surface area contributed by atoms with E-state index < -0.39 is 0 Å². The molecule has 1 atom stereocenters. The summed E-state index contributed by atoms with van der Waals surface area (Å²) in [5, 5.41) is 9.13. The van der Waals surface area contributed by atoms with Crippen molar-refractivity contribution in [3.05, 3.63) is 29.6 Å². The van der Waals surface area contributed by atoms with E-state index in [0.29, 0.717) is 5.92 Å². The van der Waals surface area contributed by atoms with Gasteiger partial charge in [-0.05, 0) is 36.8 Å². The van der Waals surface area contributed by atoms with Gasteiger partial charge < -0.3 is 5.11 Å². The molecule has 1 aliphatic rings. The Bertz CT molecular complexity index is 356. The third-order valence-corrected chi connectivity index (χ3v) is 4.22. The van der Waals surface area contributed by atoms with Crippen molar-refractivity contribution < 1.29 is 5.11 Å². The Kier molecular flexibility index (Phi) is 4.16. The summed E-state index contributed by atoms with van der Waals surface area (Å²) < 4.78 is 0. The van der Waals surface area contributed by atoms with Crippen LogP contribution in [0.4, 0.5) is 0 Å². The number of aromatic nitrogens is 1. The van der Waals surface area contributed by atoms with Crippen LogP contribution < -0.4 is 0 Å². The molecule has 0 bridgehead atoms. The number of aliphatic hydroxyl groups is 1. The van der Waals surface area contributed by atoms with Crippen molar-refractivity contribution in [1.82, 2.24) is 4.98 Å². The SMILES string of the molecule is C[C@H](c1cccc(CO)n1)[C@H]1CC[C@H](C)CC1. The van der Waals surface area contributed by atoms with E-state index in [1.807, 2.05) is 12.1 Å². The fraction of sp³-hybridized carbons (Fsp3) is 0.667. The Morgan fingerprint density at radius 1 is 1.29 bits per heavy atom. The summed E-state index contributed by atoms with van der Waals surface area (Å²) in [4.78, 5) is 4.54. The normalized spacial score (nSPS) is 26.8. The first kappa shape index (κ1) is 12.6. The fourth-order valence-corrected chi connectivity index (χ4v) is 2.87. The third-order valence-electron chi connectivity index (χ3n) is 4.22. The standard InChI is InChI=1S/C15H23NO/c1-11-6-8-13(9-7-11)12(2)15-5-3-4-14(10-17)16-15/h3-5,11-13,17H,6-10H2,1-2H3/t11-,12-,13-/m0/s1. The molecular formula is C15H23NO. The molecule has 1 aromatic rings. The monoisotopic (exact) mass is 233 g/mol. The maximum absolute atomic E-state index is 9.13. The van der Waals surface area contributed by atoms with E-state index in [9.17, 15) is 0 Å². The van der Waals surface area contributed by atoms with E-state index >= 15 is 0 Å². The molecule has 0 aliphatic heterocycles. The quantitative estimate of drug-likeness (QED) is 0.866. The molecule has 2 rings (SSSR count). The third kappa shape index (κ3) is 3.06. The van der Waals surface area contributed by atoms with Crippen LogP contribution in [0.1, 0.15) is 56.8 Å². The summed E-state index contributed by atoms with van der Waals surface area (Å²) >= 11 is 0. The molecule has 0 amide bonds. The van der Waals surface area contributed by atoms with Gasteiger partial charge in [0, 0.05) is 11.6 Å². The lowest BCUT2D eigenvalue weighted by atomic mass is 9.76. The first-order chi connectivity index (χ1) is 8.20. The van der Waals surface area contributed by atoms with Gasteiger partial charge in [-0.15, -0.1) is 0 Å². The first-order valence-corrected chi connectivity index (χ1v) is 6.77. The van der Waals surface area contributed by atoms with Crippen LogP contribution in [-0.4, -0.2) is 10.1 Å². The fourth-order valence-electron chi connectivity index (χ4n) is 2.87. The van der Waals surface area contributed by atoms with Crippen LogP contribution in [0.25, 0.3) is 0 Å². The van der Waals surface area contributed by atoms with Crippen molar-refractivity contribution in [2.75, 3.05) is 0 Å². The Balaban J connectivity index is 2.05. The van der Waals surface area contributed by atoms with Gasteiger partial charge in [0.05, 0.1) is 12.3 Å². The van der Waals surface area contributed by atoms with E-state index in [4.69, 9.17) is 5.11 Å². The molecule has 17 heavy (non-hydrogen) atoms. The van der Waals surface area contributed by atoms with Gasteiger partial charge in [0.1, 0.15) is 0 Å². The molecule has 2 heteroatoms. The maximum atomic E-state index is 9.13. The van der Waals surface area contributed by atoms with Crippen molar-refractivity contribution in [2.45, 2.75) is 52.1 Å². The van der Waals surface area contributed by atoms with Crippen molar-refractivity contribution in [2.24, 2.45) is 11.8 Å². The molecule has 0 aromatic carbocycles. The van der Waals surface area contributed by atoms with Gasteiger partial charge in [-0.1, -0.05) is 32.8 Å². The largest absolute Gasteiger partial charge is 0.390 e. The number of aliphatic hydroxyl groups excluding tert-OH is 1. The summed E-state index contributed by atoms with van der Waals surface area (Å²) in [6.07, 6.45) is 5.37. The van der Waals surface area contributed by atoms with Crippen LogP contribution >= 0.6 is 0 Å². The molecule has 0 saturated heterocycles. The topological polar surface area (TPSA) is 33.1 Å². The molecule has 0 radical (unpaired) electrons. The summed E-state index contributed by atoms with van der Waals surface area (Å²) in [7, 11) is 0. The van der Waals surface area contributed by atoms with Gasteiger partial charge in [0.2, 0.25) is 0 Å². The minimum Gasteiger partial charge on any atom is -0.390 e. The predicted octanol–water partition coefficient (Wildman–Crippen LogP) is 3.50. The van der Waals surface area contributed by atoms with Crippen LogP contribution in [0.15, 0.2) is 18.2 Å². The maximum Gasteiger partial charge on any atom is 0.0853 e. The lowest BCUT2D eigenvalue weighted by Gasteiger charge is -2.30. The van der Waals surface area contributed by atoms with E-state index in [1.54, 1.807) is 0 Å². The van der Waals surface area contributed by atoms with Gasteiger partial charge in [0.15, 0.2) is 0 Å². The lowest BCUT2D eigenvalue weighted by Crippen LogP contribution is -2.18. The Hall–Kier alpha value is -0.890. The molecule has 0 spiro atoms. The van der Waals surface area contributed by atoms with Crippen LogP contribution in [0.5, 0.6) is 0 Å². The molecule has 1 aliphatic carbocycles. The molecule has 1 fully saturated rings. The highest BCUT2D eigenvalue weighted by Gasteiger charge is 2.24. The van der Waals surface area contributed by atoms with E-state index in [-0.39, 0.29) is 6.61 Å². The highest BCUT2D eigenvalue weighted by Crippen LogP contribution is 2.37. The average molecular weight is 233 g/mol. The van der Waals surface area contributed by atoms with E-state index in [0.717, 1.165) is 23.2 Å². The Morgan fingerprint density at radius 3 is 2.65 bits per heavy atom. The zero-order valence-electron chi connectivity index (χ0n) is 10.9. The van der Waals surface area contributed by atoms with Crippen LogP contribution in [0.3, 0.4) is 0 Å². The van der Waals surface area contributed by atoms with E-state index in [1.165, 1.54) is 25.7 Å². The summed E-state index contributed by atoms with van der Waals surface area (Å²) in [6.45, 7) is 4.68. The van der Waals surface area contributed by atoms with Gasteiger partial charge in [-0.25, -0.2) is 0 Å². The molecule has 94 valence electrons. The highest BCUT2D eigenvalue weighted by atomic mass is 16.3. The predicted molar refractivity (Wildman–Crippen MR) is 69.7 cm³/mol. The van der Waals surface area contributed by atoms with Crippen molar-refractivity contribution in [3.63, 3.8) is 0 Å². The number of nitrogens with zero attached hydrogens (tertiary/aromatic N) is 1. The second-order valence-electron chi connectivity index (χ2n) is 5.52. The smallest absolute Gasteiger partial charge is 0.0853 e. The summed E-state index contributed by atoms with van der Waals surface area (Å²) in [5.74, 6) is 2.19. The second-order valence-corrected chi connectivity index (χ2v) is 5.52. The van der Waals surface area contributed by atoms with Crippen molar-refractivity contribution >= 4 is 0 Å². The average Bonchev–Trinajstić information content (AvgIpc) is 2.39. The Morgan fingerprint density at radius 2 is 2.00 bits per heavy atom. The van der Waals surface area contributed by atoms with E-state index in [2.05, 4.69) is 24.9 Å². The van der Waals surface area contributed by atoms with Crippen LogP contribution in [0.2, 0.25) is 0 Å². The molecule has 2 nitrogen and oxygen atoms in total. The minimum atomic E-state index is 0.0439. The number of rotatable bonds is 3.